The molecule has 0 unspecified atom stereocenters. The summed E-state index contributed by atoms with van der Waals surface area (Å²) in [6.07, 6.45) is 0.291. The van der Waals surface area contributed by atoms with Crippen LogP contribution in [0.2, 0.25) is 0 Å². The summed E-state index contributed by atoms with van der Waals surface area (Å²) < 4.78 is 22.9. The lowest BCUT2D eigenvalue weighted by atomic mass is 9.44. The number of aliphatic hydroxyl groups excluding tert-OH is 2. The first-order valence-corrected chi connectivity index (χ1v) is 16.6. The van der Waals surface area contributed by atoms with Crippen molar-refractivity contribution < 1.29 is 48.5 Å². The van der Waals surface area contributed by atoms with Crippen LogP contribution in [-0.2, 0) is 36.9 Å². The standard InChI is InChI=1S/C35H50BNO10/c1-9-33(7)15-26(34(8)19(2)10-11-35(20(3)30(33)41)14-25(38)28(40)29(34)35)46-27(39)18-44-22-12-21(16-37-31(42)47-32(4,5)6)23-17-45-36(43)24(23)13-22/h9,12-13,19-20,25-26,29-30,38,41,43H,1,10-11,14-18H2,2-8H3,(H,37,42)/t19-,20-,25-,26+,29-,30-,33+,34-,35-/m0/s1. The van der Waals surface area contributed by atoms with Gasteiger partial charge in [-0.3, -0.25) is 4.79 Å². The van der Waals surface area contributed by atoms with Crippen LogP contribution >= 0.6 is 0 Å². The molecule has 1 aliphatic heterocycles. The number of ether oxygens (including phenoxy) is 3. The number of esters is 1. The maximum absolute atomic E-state index is 13.7. The average molecular weight is 656 g/mol. The van der Waals surface area contributed by atoms with Crippen molar-refractivity contribution >= 4 is 30.4 Å². The Labute approximate surface area is 277 Å². The molecule has 4 aliphatic rings. The van der Waals surface area contributed by atoms with E-state index < -0.39 is 71.9 Å². The third kappa shape index (κ3) is 6.22. The van der Waals surface area contributed by atoms with E-state index in [1.54, 1.807) is 39.0 Å². The van der Waals surface area contributed by atoms with Gasteiger partial charge in [0.15, 0.2) is 12.4 Å². The SMILES string of the molecule is C=C[C@]1(C)C[C@@H](OC(=O)COc2cc(CNC(=O)OC(C)(C)C)c3c(c2)B(O)OC3)[C@@]2(C)[C@@H]3C(=O)[C@@H](O)C[C@@]3(CC[C@@H]2C)[C@@H](C)[C@@H]1O. The maximum Gasteiger partial charge on any atom is 0.491 e. The lowest BCUT2D eigenvalue weighted by Gasteiger charge is -2.61. The number of Topliss-reactive ketones (excluding diaryl/α,β-unsaturated/α-hetero) is 1. The van der Waals surface area contributed by atoms with Crippen molar-refractivity contribution in [3.63, 3.8) is 0 Å². The molecular formula is C35H50BNO10. The van der Waals surface area contributed by atoms with E-state index in [4.69, 9.17) is 18.9 Å². The van der Waals surface area contributed by atoms with Crippen LogP contribution < -0.4 is 15.5 Å². The number of ketones is 1. The molecular weight excluding hydrogens is 605 g/mol. The molecule has 47 heavy (non-hydrogen) atoms. The number of carbonyl (C=O) groups excluding carboxylic acids is 3. The molecule has 0 spiro atoms. The molecule has 3 fully saturated rings. The molecule has 11 nitrogen and oxygen atoms in total. The van der Waals surface area contributed by atoms with Gasteiger partial charge in [0.05, 0.1) is 12.7 Å². The van der Waals surface area contributed by atoms with Crippen molar-refractivity contribution in [2.75, 3.05) is 6.61 Å². The highest BCUT2D eigenvalue weighted by atomic mass is 16.6. The number of aliphatic hydroxyl groups is 2. The number of fused-ring (bicyclic) bond motifs is 1. The molecule has 1 heterocycles. The van der Waals surface area contributed by atoms with Crippen molar-refractivity contribution in [2.45, 2.75) is 111 Å². The Hall–Kier alpha value is -2.93. The normalized spacial score (nSPS) is 36.5. The van der Waals surface area contributed by atoms with Gasteiger partial charge in [-0.1, -0.05) is 33.8 Å². The minimum Gasteiger partial charge on any atom is -0.482 e. The van der Waals surface area contributed by atoms with Crippen LogP contribution in [0.4, 0.5) is 4.79 Å². The Morgan fingerprint density at radius 1 is 1.19 bits per heavy atom. The molecule has 5 rings (SSSR count). The summed E-state index contributed by atoms with van der Waals surface area (Å²) in [5.74, 6) is -1.53. The molecule has 4 N–H and O–H groups in total. The first kappa shape index (κ1) is 35.4. The molecule has 0 aromatic heterocycles. The van der Waals surface area contributed by atoms with E-state index >= 15 is 0 Å². The van der Waals surface area contributed by atoms with Gasteiger partial charge in [-0.05, 0) is 92.4 Å². The van der Waals surface area contributed by atoms with Crippen LogP contribution in [0.25, 0.3) is 0 Å². The second-order valence-corrected chi connectivity index (χ2v) is 15.7. The van der Waals surface area contributed by atoms with E-state index in [9.17, 15) is 29.6 Å². The van der Waals surface area contributed by atoms with Crippen LogP contribution in [0.15, 0.2) is 24.8 Å². The van der Waals surface area contributed by atoms with Gasteiger partial charge < -0.3 is 39.4 Å². The molecule has 258 valence electrons. The monoisotopic (exact) mass is 655 g/mol. The third-order valence-electron chi connectivity index (χ3n) is 11.8. The van der Waals surface area contributed by atoms with Crippen LogP contribution in [0.3, 0.4) is 0 Å². The summed E-state index contributed by atoms with van der Waals surface area (Å²) in [6, 6.07) is 3.27. The number of benzene rings is 1. The topological polar surface area (TPSA) is 161 Å². The van der Waals surface area contributed by atoms with Crippen molar-refractivity contribution in [3.05, 3.63) is 35.9 Å². The predicted molar refractivity (Wildman–Crippen MR) is 173 cm³/mol. The number of alkyl carbamates (subject to hydrolysis) is 1. The minimum atomic E-state index is -1.19. The summed E-state index contributed by atoms with van der Waals surface area (Å²) in [4.78, 5) is 39.6. The summed E-state index contributed by atoms with van der Waals surface area (Å²) in [7, 11) is -1.19. The molecule has 1 aromatic rings. The van der Waals surface area contributed by atoms with Gasteiger partial charge in [-0.25, -0.2) is 9.59 Å². The first-order chi connectivity index (χ1) is 21.9. The van der Waals surface area contributed by atoms with Crippen LogP contribution in [0.1, 0.15) is 85.3 Å². The van der Waals surface area contributed by atoms with Gasteiger partial charge in [-0.15, -0.1) is 6.58 Å². The van der Waals surface area contributed by atoms with Gasteiger partial charge in [0.25, 0.3) is 0 Å². The number of hydrogen-bond donors (Lipinski definition) is 4. The highest BCUT2D eigenvalue weighted by molar-refractivity contribution is 6.61. The predicted octanol–water partition coefficient (Wildman–Crippen LogP) is 3.19. The van der Waals surface area contributed by atoms with Crippen molar-refractivity contribution in [1.82, 2.24) is 5.32 Å². The fraction of sp³-hybridized carbons (Fsp3) is 0.686. The second kappa shape index (κ2) is 12.5. The molecule has 2 bridgehead atoms. The second-order valence-electron chi connectivity index (χ2n) is 15.7. The largest absolute Gasteiger partial charge is 0.491 e. The Morgan fingerprint density at radius 2 is 1.89 bits per heavy atom. The number of hydrogen-bond acceptors (Lipinski definition) is 10. The fourth-order valence-corrected chi connectivity index (χ4v) is 8.92. The molecule has 0 saturated heterocycles. The van der Waals surface area contributed by atoms with Gasteiger partial charge >= 0.3 is 19.2 Å². The highest BCUT2D eigenvalue weighted by Gasteiger charge is 2.70. The van der Waals surface area contributed by atoms with Crippen molar-refractivity contribution in [1.29, 1.82) is 0 Å². The maximum atomic E-state index is 13.7. The summed E-state index contributed by atoms with van der Waals surface area (Å²) in [5.41, 5.74) is -1.14. The Kier molecular flexibility index (Phi) is 9.42. The van der Waals surface area contributed by atoms with Gasteiger partial charge in [-0.2, -0.15) is 0 Å². The van der Waals surface area contributed by atoms with Gasteiger partial charge in [0, 0.05) is 23.3 Å². The fourth-order valence-electron chi connectivity index (χ4n) is 8.92. The lowest BCUT2D eigenvalue weighted by molar-refractivity contribution is -0.207. The van der Waals surface area contributed by atoms with E-state index in [1.165, 1.54) is 0 Å². The first-order valence-electron chi connectivity index (χ1n) is 16.6. The Balaban J connectivity index is 1.39. The third-order valence-corrected chi connectivity index (χ3v) is 11.8. The molecule has 9 atom stereocenters. The molecule has 0 radical (unpaired) electrons. The Bertz CT molecular complexity index is 1430. The summed E-state index contributed by atoms with van der Waals surface area (Å²) in [5, 5.41) is 35.8. The molecule has 1 amide bonds. The quantitative estimate of drug-likeness (QED) is 0.195. The summed E-state index contributed by atoms with van der Waals surface area (Å²) in [6.45, 7) is 17.0. The summed E-state index contributed by atoms with van der Waals surface area (Å²) >= 11 is 0. The molecule has 3 saturated carbocycles. The number of rotatable bonds is 7. The smallest absolute Gasteiger partial charge is 0.482 e. The zero-order valence-electron chi connectivity index (χ0n) is 28.6. The van der Waals surface area contributed by atoms with Crippen LogP contribution in [0, 0.1) is 34.0 Å². The molecule has 12 heteroatoms. The number of amides is 1. The zero-order valence-corrected chi connectivity index (χ0v) is 28.6. The van der Waals surface area contributed by atoms with Crippen molar-refractivity contribution in [2.24, 2.45) is 34.0 Å². The van der Waals surface area contributed by atoms with E-state index in [0.717, 1.165) is 6.42 Å². The Morgan fingerprint density at radius 3 is 2.55 bits per heavy atom. The highest BCUT2D eigenvalue weighted by Crippen LogP contribution is 2.68. The van der Waals surface area contributed by atoms with Crippen LogP contribution in [-0.4, -0.2) is 70.7 Å². The zero-order chi connectivity index (χ0) is 34.7. The molecule has 1 aromatic carbocycles. The number of nitrogens with one attached hydrogen (secondary N) is 1. The number of carbonyl (C=O) groups is 3. The minimum absolute atomic E-state index is 0.0108. The molecule has 3 aliphatic carbocycles. The average Bonchev–Trinajstić information content (AvgIpc) is 3.51. The van der Waals surface area contributed by atoms with Gasteiger partial charge in [0.2, 0.25) is 0 Å². The van der Waals surface area contributed by atoms with Crippen molar-refractivity contribution in [3.8, 4) is 5.75 Å². The van der Waals surface area contributed by atoms with E-state index in [0.29, 0.717) is 23.0 Å². The van der Waals surface area contributed by atoms with Crippen LogP contribution in [0.5, 0.6) is 5.75 Å². The van der Waals surface area contributed by atoms with E-state index in [1.807, 2.05) is 20.8 Å². The lowest BCUT2D eigenvalue weighted by Crippen LogP contribution is -2.63. The van der Waals surface area contributed by atoms with E-state index in [2.05, 4.69) is 18.8 Å². The van der Waals surface area contributed by atoms with Gasteiger partial charge in [0.1, 0.15) is 23.6 Å². The van der Waals surface area contributed by atoms with E-state index in [-0.39, 0.29) is 49.4 Å².